The largest absolute Gasteiger partial charge is 0.497 e. The molecular formula is C11H14N2O. The fraction of sp³-hybridized carbons (Fsp3) is 0.273. The quantitative estimate of drug-likeness (QED) is 0.738. The van der Waals surface area contributed by atoms with Crippen molar-refractivity contribution in [2.45, 2.75) is 0 Å². The highest BCUT2D eigenvalue weighted by molar-refractivity contribution is 5.76. The Morgan fingerprint density at radius 1 is 1.64 bits per heavy atom. The van der Waals surface area contributed by atoms with Crippen molar-refractivity contribution < 1.29 is 4.74 Å². The summed E-state index contributed by atoms with van der Waals surface area (Å²) in [7, 11) is 1.68. The molecule has 1 N–H and O–H groups in total. The van der Waals surface area contributed by atoms with Crippen LogP contribution in [-0.2, 0) is 0 Å². The first-order valence-electron chi connectivity index (χ1n) is 4.63. The molecule has 0 amide bonds. The molecule has 0 saturated heterocycles. The second-order valence-electron chi connectivity index (χ2n) is 3.23. The molecule has 3 nitrogen and oxygen atoms in total. The van der Waals surface area contributed by atoms with E-state index in [-0.39, 0.29) is 0 Å². The van der Waals surface area contributed by atoms with Gasteiger partial charge in [0.05, 0.1) is 25.2 Å². The van der Waals surface area contributed by atoms with Gasteiger partial charge in [-0.05, 0) is 12.1 Å². The summed E-state index contributed by atoms with van der Waals surface area (Å²) in [6.07, 6.45) is 1.90. The van der Waals surface area contributed by atoms with Crippen molar-refractivity contribution in [1.29, 1.82) is 0 Å². The standard InChI is InChI=1S/C11H14N2O/c1-3-6-13-8-12-10-7-9(14-2)4-5-11(10)13/h3-5,7,12H,1,6,8H2,2H3. The van der Waals surface area contributed by atoms with Gasteiger partial charge in [0.25, 0.3) is 0 Å². The van der Waals surface area contributed by atoms with Crippen LogP contribution < -0.4 is 15.0 Å². The van der Waals surface area contributed by atoms with Crippen molar-refractivity contribution >= 4 is 11.4 Å². The Balaban J connectivity index is 2.28. The third-order valence-electron chi connectivity index (χ3n) is 2.35. The molecule has 0 saturated carbocycles. The van der Waals surface area contributed by atoms with Crippen LogP contribution in [0.25, 0.3) is 0 Å². The zero-order valence-electron chi connectivity index (χ0n) is 8.29. The van der Waals surface area contributed by atoms with E-state index < -0.39 is 0 Å². The topological polar surface area (TPSA) is 24.5 Å². The molecular weight excluding hydrogens is 176 g/mol. The van der Waals surface area contributed by atoms with Crippen LogP contribution in [0.2, 0.25) is 0 Å². The van der Waals surface area contributed by atoms with Gasteiger partial charge < -0.3 is 15.0 Å². The molecule has 0 atom stereocenters. The fourth-order valence-corrected chi connectivity index (χ4v) is 1.64. The van der Waals surface area contributed by atoms with Crippen molar-refractivity contribution in [3.05, 3.63) is 30.9 Å². The molecule has 0 fully saturated rings. The first-order valence-corrected chi connectivity index (χ1v) is 4.63. The van der Waals surface area contributed by atoms with Crippen LogP contribution in [0.15, 0.2) is 30.9 Å². The van der Waals surface area contributed by atoms with Gasteiger partial charge in [0.15, 0.2) is 0 Å². The normalized spacial score (nSPS) is 13.4. The SMILES string of the molecule is C=CCN1CNc2cc(OC)ccc21. The number of hydrogen-bond acceptors (Lipinski definition) is 3. The van der Waals surface area contributed by atoms with Crippen LogP contribution >= 0.6 is 0 Å². The highest BCUT2D eigenvalue weighted by Crippen LogP contribution is 2.33. The lowest BCUT2D eigenvalue weighted by atomic mass is 10.2. The van der Waals surface area contributed by atoms with E-state index in [0.717, 1.165) is 24.7 Å². The molecule has 1 heterocycles. The molecule has 0 aliphatic carbocycles. The Hall–Kier alpha value is -1.64. The predicted octanol–water partition coefficient (Wildman–Crippen LogP) is 2.07. The number of anilines is 2. The van der Waals surface area contributed by atoms with Gasteiger partial charge >= 0.3 is 0 Å². The van der Waals surface area contributed by atoms with Crippen LogP contribution in [0.1, 0.15) is 0 Å². The molecule has 14 heavy (non-hydrogen) atoms. The summed E-state index contributed by atoms with van der Waals surface area (Å²) < 4.78 is 5.16. The van der Waals surface area contributed by atoms with E-state index in [9.17, 15) is 0 Å². The Kier molecular flexibility index (Phi) is 2.31. The molecule has 0 unspecified atom stereocenters. The van der Waals surface area contributed by atoms with Gasteiger partial charge in [0.2, 0.25) is 0 Å². The molecule has 0 radical (unpaired) electrons. The smallest absolute Gasteiger partial charge is 0.121 e. The summed E-state index contributed by atoms with van der Waals surface area (Å²) in [5.74, 6) is 0.886. The predicted molar refractivity (Wildman–Crippen MR) is 59.0 cm³/mol. The van der Waals surface area contributed by atoms with E-state index in [1.54, 1.807) is 7.11 Å². The number of benzene rings is 1. The molecule has 0 spiro atoms. The van der Waals surface area contributed by atoms with Crippen molar-refractivity contribution in [3.8, 4) is 5.75 Å². The van der Waals surface area contributed by atoms with E-state index in [1.165, 1.54) is 5.69 Å². The monoisotopic (exact) mass is 190 g/mol. The second-order valence-corrected chi connectivity index (χ2v) is 3.23. The van der Waals surface area contributed by atoms with E-state index >= 15 is 0 Å². The van der Waals surface area contributed by atoms with Gasteiger partial charge in [-0.25, -0.2) is 0 Å². The van der Waals surface area contributed by atoms with E-state index in [1.807, 2.05) is 18.2 Å². The summed E-state index contributed by atoms with van der Waals surface area (Å²) in [5.41, 5.74) is 2.34. The maximum Gasteiger partial charge on any atom is 0.121 e. The van der Waals surface area contributed by atoms with Gasteiger partial charge in [-0.15, -0.1) is 6.58 Å². The van der Waals surface area contributed by atoms with Crippen LogP contribution in [-0.4, -0.2) is 20.3 Å². The number of methoxy groups -OCH3 is 1. The molecule has 1 aromatic carbocycles. The number of ether oxygens (including phenoxy) is 1. The molecule has 1 aromatic rings. The third kappa shape index (κ3) is 1.41. The lowest BCUT2D eigenvalue weighted by Gasteiger charge is -2.14. The maximum atomic E-state index is 5.16. The zero-order valence-corrected chi connectivity index (χ0v) is 8.29. The minimum absolute atomic E-state index is 0.842. The van der Waals surface area contributed by atoms with E-state index in [2.05, 4.69) is 22.9 Å². The molecule has 3 heteroatoms. The second kappa shape index (κ2) is 3.62. The molecule has 74 valence electrons. The maximum absolute atomic E-state index is 5.16. The Morgan fingerprint density at radius 2 is 2.50 bits per heavy atom. The highest BCUT2D eigenvalue weighted by Gasteiger charge is 2.17. The fourth-order valence-electron chi connectivity index (χ4n) is 1.64. The Bertz CT molecular complexity index is 349. The van der Waals surface area contributed by atoms with Gasteiger partial charge in [0.1, 0.15) is 5.75 Å². The van der Waals surface area contributed by atoms with E-state index in [4.69, 9.17) is 4.74 Å². The minimum atomic E-state index is 0.842. The van der Waals surface area contributed by atoms with Crippen LogP contribution in [0.5, 0.6) is 5.75 Å². The van der Waals surface area contributed by atoms with Crippen LogP contribution in [0, 0.1) is 0 Å². The lowest BCUT2D eigenvalue weighted by Crippen LogP contribution is -2.22. The molecule has 1 aliphatic heterocycles. The molecule has 0 bridgehead atoms. The van der Waals surface area contributed by atoms with Gasteiger partial charge in [-0.2, -0.15) is 0 Å². The average Bonchev–Trinajstić information content (AvgIpc) is 2.61. The zero-order chi connectivity index (χ0) is 9.97. The van der Waals surface area contributed by atoms with E-state index in [0.29, 0.717) is 0 Å². The van der Waals surface area contributed by atoms with Crippen LogP contribution in [0.3, 0.4) is 0 Å². The summed E-state index contributed by atoms with van der Waals surface area (Å²) >= 11 is 0. The lowest BCUT2D eigenvalue weighted by molar-refractivity contribution is 0.415. The summed E-state index contributed by atoms with van der Waals surface area (Å²) in [4.78, 5) is 2.22. The van der Waals surface area contributed by atoms with Crippen LogP contribution in [0.4, 0.5) is 11.4 Å². The number of nitrogens with zero attached hydrogens (tertiary/aromatic N) is 1. The molecule has 1 aliphatic rings. The third-order valence-corrected chi connectivity index (χ3v) is 2.35. The van der Waals surface area contributed by atoms with Gasteiger partial charge in [0, 0.05) is 12.6 Å². The molecule has 2 rings (SSSR count). The number of rotatable bonds is 3. The summed E-state index contributed by atoms with van der Waals surface area (Å²) in [6, 6.07) is 6.05. The minimum Gasteiger partial charge on any atom is -0.497 e. The van der Waals surface area contributed by atoms with Crippen molar-refractivity contribution in [1.82, 2.24) is 0 Å². The Morgan fingerprint density at radius 3 is 3.21 bits per heavy atom. The Labute approximate surface area is 84.0 Å². The van der Waals surface area contributed by atoms with Crippen molar-refractivity contribution in [3.63, 3.8) is 0 Å². The van der Waals surface area contributed by atoms with Crippen molar-refractivity contribution in [2.24, 2.45) is 0 Å². The highest BCUT2D eigenvalue weighted by atomic mass is 16.5. The van der Waals surface area contributed by atoms with Gasteiger partial charge in [-0.3, -0.25) is 0 Å². The molecule has 0 aromatic heterocycles. The number of nitrogens with one attached hydrogen (secondary N) is 1. The first kappa shape index (κ1) is 8.94. The first-order chi connectivity index (χ1) is 6.85. The van der Waals surface area contributed by atoms with Gasteiger partial charge in [-0.1, -0.05) is 6.08 Å². The summed E-state index contributed by atoms with van der Waals surface area (Å²) in [6.45, 7) is 5.45. The number of hydrogen-bond donors (Lipinski definition) is 1. The number of fused-ring (bicyclic) bond motifs is 1. The average molecular weight is 190 g/mol. The summed E-state index contributed by atoms with van der Waals surface area (Å²) in [5, 5.41) is 3.31. The van der Waals surface area contributed by atoms with Crippen molar-refractivity contribution in [2.75, 3.05) is 30.5 Å².